The molecule has 21 heavy (non-hydrogen) atoms. The molecule has 0 atom stereocenters. The lowest BCUT2D eigenvalue weighted by molar-refractivity contribution is -0.149. The van der Waals surface area contributed by atoms with Crippen molar-refractivity contribution >= 4 is 16.9 Å². The molecule has 1 aliphatic carbocycles. The summed E-state index contributed by atoms with van der Waals surface area (Å²) in [6.45, 7) is 0.0439. The van der Waals surface area contributed by atoms with Crippen LogP contribution >= 0.6 is 0 Å². The molecule has 1 aromatic carbocycles. The Hall–Kier alpha value is -2.30. The van der Waals surface area contributed by atoms with E-state index in [2.05, 4.69) is 0 Å². The van der Waals surface area contributed by atoms with Gasteiger partial charge in [-0.05, 0) is 25.0 Å². The van der Waals surface area contributed by atoms with E-state index in [4.69, 9.17) is 9.15 Å². The highest BCUT2D eigenvalue weighted by Crippen LogP contribution is 2.27. The van der Waals surface area contributed by atoms with Crippen LogP contribution < -0.4 is 5.63 Å². The summed E-state index contributed by atoms with van der Waals surface area (Å²) in [5.41, 5.74) is 0.349. The number of rotatable bonds is 3. The second kappa shape index (κ2) is 5.60. The predicted molar refractivity (Wildman–Crippen MR) is 75.9 cm³/mol. The van der Waals surface area contributed by atoms with Gasteiger partial charge in [0.15, 0.2) is 0 Å². The average molecular weight is 288 g/mol. The van der Waals surface area contributed by atoms with Gasteiger partial charge in [-0.25, -0.2) is 4.79 Å². The molecular weight excluding hydrogens is 272 g/mol. The minimum absolute atomic E-state index is 0.0135. The fraction of sp³-hybridized carbons (Fsp3) is 0.375. The zero-order chi connectivity index (χ0) is 14.8. The maximum Gasteiger partial charge on any atom is 0.336 e. The number of phenolic OH excluding ortho intramolecular Hbond substituents is 1. The Kier molecular flexibility index (Phi) is 3.64. The number of benzene rings is 1. The Morgan fingerprint density at radius 2 is 2.05 bits per heavy atom. The van der Waals surface area contributed by atoms with Gasteiger partial charge < -0.3 is 14.3 Å². The highest BCUT2D eigenvalue weighted by Gasteiger charge is 2.24. The molecule has 0 unspecified atom stereocenters. The Balaban J connectivity index is 1.83. The zero-order valence-electron chi connectivity index (χ0n) is 11.5. The first kappa shape index (κ1) is 13.7. The SMILES string of the molecule is O=C(OCc1cc(=O)oc2cc(O)ccc12)C1CCCC1. The van der Waals surface area contributed by atoms with Gasteiger partial charge in [-0.15, -0.1) is 0 Å². The topological polar surface area (TPSA) is 76.7 Å². The van der Waals surface area contributed by atoms with Gasteiger partial charge >= 0.3 is 11.6 Å². The van der Waals surface area contributed by atoms with Crippen molar-refractivity contribution in [1.29, 1.82) is 0 Å². The third-order valence-electron chi connectivity index (χ3n) is 3.87. The van der Waals surface area contributed by atoms with Crippen molar-refractivity contribution in [2.45, 2.75) is 32.3 Å². The van der Waals surface area contributed by atoms with Crippen molar-refractivity contribution in [2.24, 2.45) is 5.92 Å². The molecule has 0 bridgehead atoms. The van der Waals surface area contributed by atoms with E-state index in [-0.39, 0.29) is 29.8 Å². The highest BCUT2D eigenvalue weighted by atomic mass is 16.5. The van der Waals surface area contributed by atoms with E-state index >= 15 is 0 Å². The number of hydrogen-bond donors (Lipinski definition) is 1. The number of phenols is 1. The molecule has 5 nitrogen and oxygen atoms in total. The van der Waals surface area contributed by atoms with E-state index in [0.717, 1.165) is 25.7 Å². The second-order valence-electron chi connectivity index (χ2n) is 5.36. The van der Waals surface area contributed by atoms with Crippen molar-refractivity contribution in [3.05, 3.63) is 40.2 Å². The van der Waals surface area contributed by atoms with Crippen LogP contribution in [0.4, 0.5) is 0 Å². The Morgan fingerprint density at radius 1 is 1.29 bits per heavy atom. The van der Waals surface area contributed by atoms with Crippen LogP contribution in [0.25, 0.3) is 11.0 Å². The van der Waals surface area contributed by atoms with Gasteiger partial charge in [0, 0.05) is 23.1 Å². The maximum atomic E-state index is 11.9. The van der Waals surface area contributed by atoms with Gasteiger partial charge in [-0.2, -0.15) is 0 Å². The number of carbonyl (C=O) groups excluding carboxylic acids is 1. The van der Waals surface area contributed by atoms with Crippen LogP contribution in [-0.2, 0) is 16.1 Å². The van der Waals surface area contributed by atoms with Crippen molar-refractivity contribution in [2.75, 3.05) is 0 Å². The predicted octanol–water partition coefficient (Wildman–Crippen LogP) is 2.73. The second-order valence-corrected chi connectivity index (χ2v) is 5.36. The number of esters is 1. The first-order valence-electron chi connectivity index (χ1n) is 7.06. The molecule has 1 aliphatic rings. The van der Waals surface area contributed by atoms with Crippen molar-refractivity contribution in [1.82, 2.24) is 0 Å². The third kappa shape index (κ3) is 2.91. The molecule has 2 aromatic rings. The molecule has 1 saturated carbocycles. The summed E-state index contributed by atoms with van der Waals surface area (Å²) in [6, 6.07) is 5.84. The van der Waals surface area contributed by atoms with Crippen LogP contribution in [0.2, 0.25) is 0 Å². The number of carbonyl (C=O) groups is 1. The average Bonchev–Trinajstić information content (AvgIpc) is 2.97. The lowest BCUT2D eigenvalue weighted by Gasteiger charge is -2.10. The van der Waals surface area contributed by atoms with Gasteiger partial charge in [-0.1, -0.05) is 12.8 Å². The molecular formula is C16H16O5. The van der Waals surface area contributed by atoms with Crippen molar-refractivity contribution in [3.63, 3.8) is 0 Å². The Bertz CT molecular complexity index is 725. The van der Waals surface area contributed by atoms with Crippen LogP contribution in [-0.4, -0.2) is 11.1 Å². The molecule has 0 saturated heterocycles. The third-order valence-corrected chi connectivity index (χ3v) is 3.87. The van der Waals surface area contributed by atoms with Crippen LogP contribution in [0.15, 0.2) is 33.5 Å². The van der Waals surface area contributed by atoms with Crippen LogP contribution in [0.5, 0.6) is 5.75 Å². The maximum absolute atomic E-state index is 11.9. The van der Waals surface area contributed by atoms with Gasteiger partial charge in [-0.3, -0.25) is 4.79 Å². The standard InChI is InChI=1S/C16H16O5/c17-12-5-6-13-11(7-15(18)21-14(13)8-12)9-20-16(19)10-3-1-2-4-10/h5-8,10,17H,1-4,9H2. The summed E-state index contributed by atoms with van der Waals surface area (Å²) in [5.74, 6) is -0.196. The van der Waals surface area contributed by atoms with Crippen molar-refractivity contribution in [3.8, 4) is 5.75 Å². The molecule has 0 amide bonds. The van der Waals surface area contributed by atoms with Crippen LogP contribution in [0.1, 0.15) is 31.2 Å². The first-order chi connectivity index (χ1) is 10.1. The van der Waals surface area contributed by atoms with E-state index in [1.54, 1.807) is 6.07 Å². The van der Waals surface area contributed by atoms with Crippen molar-refractivity contribution < 1.29 is 19.1 Å². The number of aromatic hydroxyl groups is 1. The Labute approximate surface area is 121 Å². The zero-order valence-corrected chi connectivity index (χ0v) is 11.5. The molecule has 1 N–H and O–H groups in total. The smallest absolute Gasteiger partial charge is 0.336 e. The van der Waals surface area contributed by atoms with E-state index in [0.29, 0.717) is 10.9 Å². The fourth-order valence-corrected chi connectivity index (χ4v) is 2.77. The molecule has 0 aliphatic heterocycles. The summed E-state index contributed by atoms with van der Waals surface area (Å²) in [6.07, 6.45) is 3.89. The fourth-order valence-electron chi connectivity index (χ4n) is 2.77. The van der Waals surface area contributed by atoms with E-state index in [9.17, 15) is 14.7 Å². The van der Waals surface area contributed by atoms with Gasteiger partial charge in [0.2, 0.25) is 0 Å². The van der Waals surface area contributed by atoms with E-state index < -0.39 is 5.63 Å². The molecule has 1 fully saturated rings. The van der Waals surface area contributed by atoms with Gasteiger partial charge in [0.25, 0.3) is 0 Å². The largest absolute Gasteiger partial charge is 0.508 e. The van der Waals surface area contributed by atoms with Crippen LogP contribution in [0, 0.1) is 5.92 Å². The quantitative estimate of drug-likeness (QED) is 0.694. The lowest BCUT2D eigenvalue weighted by atomic mass is 10.1. The van der Waals surface area contributed by atoms with Crippen LogP contribution in [0.3, 0.4) is 0 Å². The summed E-state index contributed by atoms with van der Waals surface area (Å²) in [4.78, 5) is 23.5. The van der Waals surface area contributed by atoms with E-state index in [1.165, 1.54) is 18.2 Å². The monoisotopic (exact) mass is 288 g/mol. The summed E-state index contributed by atoms with van der Waals surface area (Å²) < 4.78 is 10.4. The molecule has 1 heterocycles. The summed E-state index contributed by atoms with van der Waals surface area (Å²) in [7, 11) is 0. The number of fused-ring (bicyclic) bond motifs is 1. The van der Waals surface area contributed by atoms with Gasteiger partial charge in [0.1, 0.15) is 17.9 Å². The first-order valence-corrected chi connectivity index (χ1v) is 7.06. The molecule has 5 heteroatoms. The summed E-state index contributed by atoms with van der Waals surface area (Å²) in [5, 5.41) is 10.1. The Morgan fingerprint density at radius 3 is 2.81 bits per heavy atom. The number of ether oxygens (including phenoxy) is 1. The minimum atomic E-state index is -0.528. The highest BCUT2D eigenvalue weighted by molar-refractivity contribution is 5.81. The lowest BCUT2D eigenvalue weighted by Crippen LogP contribution is -2.15. The molecule has 0 radical (unpaired) electrons. The van der Waals surface area contributed by atoms with E-state index in [1.807, 2.05) is 0 Å². The molecule has 3 rings (SSSR count). The number of hydrogen-bond acceptors (Lipinski definition) is 5. The van der Waals surface area contributed by atoms with Gasteiger partial charge in [0.05, 0.1) is 5.92 Å². The molecule has 1 aromatic heterocycles. The normalized spacial score (nSPS) is 15.4. The molecule has 0 spiro atoms. The summed E-state index contributed by atoms with van der Waals surface area (Å²) >= 11 is 0. The minimum Gasteiger partial charge on any atom is -0.508 e. The molecule has 110 valence electrons.